The molecule has 144 valence electrons. The Hall–Kier alpha value is -1.92. The van der Waals surface area contributed by atoms with Crippen LogP contribution >= 0.6 is 15.9 Å². The molecule has 27 heavy (non-hydrogen) atoms. The SMILES string of the molecule is C[C@H]1C[C@](CCO)(c2ccc(F)cc2)OC(=O)N1[C@@H](C)c1ccc(Br)cc1. The van der Waals surface area contributed by atoms with Gasteiger partial charge in [-0.05, 0) is 49.2 Å². The number of hydrogen-bond donors (Lipinski definition) is 1. The lowest BCUT2D eigenvalue weighted by molar-refractivity contribution is -0.0900. The molecule has 0 saturated carbocycles. The van der Waals surface area contributed by atoms with Crippen LogP contribution in [0, 0.1) is 5.82 Å². The fourth-order valence-electron chi connectivity index (χ4n) is 3.87. The monoisotopic (exact) mass is 435 g/mol. The molecule has 3 rings (SSSR count). The Bertz CT molecular complexity index is 796. The Morgan fingerprint density at radius 2 is 1.89 bits per heavy atom. The summed E-state index contributed by atoms with van der Waals surface area (Å²) < 4.78 is 20.2. The average molecular weight is 436 g/mol. The van der Waals surface area contributed by atoms with Crippen LogP contribution in [-0.2, 0) is 10.3 Å². The number of carbonyl (C=O) groups is 1. The molecule has 0 unspecified atom stereocenters. The van der Waals surface area contributed by atoms with Crippen molar-refractivity contribution in [3.63, 3.8) is 0 Å². The molecule has 1 heterocycles. The quantitative estimate of drug-likeness (QED) is 0.705. The summed E-state index contributed by atoms with van der Waals surface area (Å²) in [4.78, 5) is 14.7. The summed E-state index contributed by atoms with van der Waals surface area (Å²) in [5.74, 6) is -0.349. The van der Waals surface area contributed by atoms with Gasteiger partial charge < -0.3 is 9.84 Å². The average Bonchev–Trinajstić information content (AvgIpc) is 2.62. The third kappa shape index (κ3) is 4.01. The third-order valence-electron chi connectivity index (χ3n) is 5.25. The molecule has 2 aromatic carbocycles. The van der Waals surface area contributed by atoms with Gasteiger partial charge in [-0.15, -0.1) is 0 Å². The fourth-order valence-corrected chi connectivity index (χ4v) is 4.13. The van der Waals surface area contributed by atoms with E-state index in [1.807, 2.05) is 38.1 Å². The second-order valence-electron chi connectivity index (χ2n) is 7.03. The summed E-state index contributed by atoms with van der Waals surface area (Å²) in [5.41, 5.74) is 0.766. The van der Waals surface area contributed by atoms with E-state index in [2.05, 4.69) is 15.9 Å². The van der Waals surface area contributed by atoms with Gasteiger partial charge in [0.1, 0.15) is 11.4 Å². The maximum Gasteiger partial charge on any atom is 0.411 e. The highest BCUT2D eigenvalue weighted by Crippen LogP contribution is 2.42. The smallest absolute Gasteiger partial charge is 0.411 e. The molecule has 0 radical (unpaired) electrons. The van der Waals surface area contributed by atoms with Gasteiger partial charge >= 0.3 is 6.09 Å². The molecule has 1 amide bonds. The molecule has 1 aliphatic heterocycles. The lowest BCUT2D eigenvalue weighted by Crippen LogP contribution is -2.53. The van der Waals surface area contributed by atoms with E-state index in [0.717, 1.165) is 10.0 Å². The second-order valence-corrected chi connectivity index (χ2v) is 7.95. The summed E-state index contributed by atoms with van der Waals surface area (Å²) in [6, 6.07) is 13.5. The van der Waals surface area contributed by atoms with Gasteiger partial charge in [0.05, 0.1) is 6.04 Å². The maximum atomic E-state index is 13.3. The van der Waals surface area contributed by atoms with Crippen molar-refractivity contribution in [1.29, 1.82) is 0 Å². The van der Waals surface area contributed by atoms with Crippen LogP contribution in [-0.4, -0.2) is 28.7 Å². The van der Waals surface area contributed by atoms with Gasteiger partial charge in [0, 0.05) is 30.0 Å². The lowest BCUT2D eigenvalue weighted by atomic mass is 9.82. The molecule has 0 aliphatic carbocycles. The van der Waals surface area contributed by atoms with Crippen LogP contribution in [0.5, 0.6) is 0 Å². The van der Waals surface area contributed by atoms with Crippen molar-refractivity contribution in [3.8, 4) is 0 Å². The molecule has 4 nitrogen and oxygen atoms in total. The van der Waals surface area contributed by atoms with Gasteiger partial charge in [0.25, 0.3) is 0 Å². The molecule has 6 heteroatoms. The van der Waals surface area contributed by atoms with Crippen LogP contribution in [0.4, 0.5) is 9.18 Å². The zero-order valence-electron chi connectivity index (χ0n) is 15.4. The standard InChI is InChI=1S/C21H23BrFNO3/c1-14-13-21(11-12-25,17-5-9-19(23)10-6-17)27-20(26)24(14)15(2)16-3-7-18(22)8-4-16/h3-10,14-15,25H,11-13H2,1-2H3/t14-,15-,21+/m0/s1. The Morgan fingerprint density at radius 3 is 2.44 bits per heavy atom. The van der Waals surface area contributed by atoms with Crippen LogP contribution in [0.1, 0.15) is 43.9 Å². The van der Waals surface area contributed by atoms with Crippen molar-refractivity contribution in [2.24, 2.45) is 0 Å². The first kappa shape index (κ1) is 19.8. The first-order valence-corrected chi connectivity index (χ1v) is 9.79. The first-order valence-electron chi connectivity index (χ1n) is 9.00. The summed E-state index contributed by atoms with van der Waals surface area (Å²) in [6.45, 7) is 3.82. The zero-order valence-corrected chi connectivity index (χ0v) is 16.9. The molecular weight excluding hydrogens is 413 g/mol. The van der Waals surface area contributed by atoms with Crippen LogP contribution in [0.2, 0.25) is 0 Å². The van der Waals surface area contributed by atoms with Crippen LogP contribution in [0.3, 0.4) is 0 Å². The van der Waals surface area contributed by atoms with Crippen molar-refractivity contribution in [3.05, 3.63) is 69.9 Å². The molecule has 0 spiro atoms. The molecule has 1 N–H and O–H groups in total. The van der Waals surface area contributed by atoms with Gasteiger partial charge in [0.2, 0.25) is 0 Å². The minimum Gasteiger partial charge on any atom is -0.438 e. The molecule has 0 aromatic heterocycles. The number of cyclic esters (lactones) is 1. The number of aliphatic hydroxyl groups is 1. The number of nitrogens with zero attached hydrogens (tertiary/aromatic N) is 1. The number of halogens is 2. The highest BCUT2D eigenvalue weighted by atomic mass is 79.9. The molecule has 1 fully saturated rings. The van der Waals surface area contributed by atoms with E-state index in [9.17, 15) is 14.3 Å². The summed E-state index contributed by atoms with van der Waals surface area (Å²) in [6.07, 6.45) is 0.364. The van der Waals surface area contributed by atoms with E-state index in [0.29, 0.717) is 12.0 Å². The first-order chi connectivity index (χ1) is 12.9. The molecule has 2 aromatic rings. The van der Waals surface area contributed by atoms with Crippen molar-refractivity contribution in [2.75, 3.05) is 6.61 Å². The summed E-state index contributed by atoms with van der Waals surface area (Å²) in [7, 11) is 0. The van der Waals surface area contributed by atoms with Crippen molar-refractivity contribution in [2.45, 2.75) is 44.4 Å². The van der Waals surface area contributed by atoms with E-state index < -0.39 is 11.7 Å². The number of amides is 1. The van der Waals surface area contributed by atoms with Crippen molar-refractivity contribution >= 4 is 22.0 Å². The van der Waals surface area contributed by atoms with Crippen LogP contribution < -0.4 is 0 Å². The predicted molar refractivity (Wildman–Crippen MR) is 105 cm³/mol. The van der Waals surface area contributed by atoms with E-state index in [4.69, 9.17) is 4.74 Å². The number of hydrogen-bond acceptors (Lipinski definition) is 3. The highest BCUT2D eigenvalue weighted by molar-refractivity contribution is 9.10. The summed E-state index contributed by atoms with van der Waals surface area (Å²) in [5, 5.41) is 9.57. The molecular formula is C21H23BrFNO3. The van der Waals surface area contributed by atoms with Gasteiger partial charge in [-0.25, -0.2) is 9.18 Å². The van der Waals surface area contributed by atoms with Crippen LogP contribution in [0.15, 0.2) is 53.0 Å². The number of ether oxygens (including phenoxy) is 1. The Kier molecular flexibility index (Phi) is 5.86. The minimum absolute atomic E-state index is 0.110. The van der Waals surface area contributed by atoms with E-state index in [1.54, 1.807) is 17.0 Å². The number of aliphatic hydroxyl groups excluding tert-OH is 1. The number of benzene rings is 2. The Labute approximate surface area is 167 Å². The lowest BCUT2D eigenvalue weighted by Gasteiger charge is -2.47. The molecule has 1 aliphatic rings. The van der Waals surface area contributed by atoms with Gasteiger partial charge in [-0.2, -0.15) is 0 Å². The van der Waals surface area contributed by atoms with E-state index >= 15 is 0 Å². The second kappa shape index (κ2) is 7.98. The summed E-state index contributed by atoms with van der Waals surface area (Å²) >= 11 is 3.42. The number of carbonyl (C=O) groups excluding carboxylic acids is 1. The fraction of sp³-hybridized carbons (Fsp3) is 0.381. The zero-order chi connectivity index (χ0) is 19.6. The third-order valence-corrected chi connectivity index (χ3v) is 5.78. The van der Waals surface area contributed by atoms with Gasteiger partial charge in [-0.3, -0.25) is 4.90 Å². The van der Waals surface area contributed by atoms with Gasteiger partial charge in [-0.1, -0.05) is 40.2 Å². The number of rotatable bonds is 5. The molecule has 0 bridgehead atoms. The predicted octanol–water partition coefficient (Wildman–Crippen LogP) is 5.16. The van der Waals surface area contributed by atoms with E-state index in [-0.39, 0.29) is 30.9 Å². The highest BCUT2D eigenvalue weighted by Gasteiger charge is 2.46. The topological polar surface area (TPSA) is 49.8 Å². The largest absolute Gasteiger partial charge is 0.438 e. The van der Waals surface area contributed by atoms with Crippen molar-refractivity contribution in [1.82, 2.24) is 4.90 Å². The van der Waals surface area contributed by atoms with Crippen LogP contribution in [0.25, 0.3) is 0 Å². The van der Waals surface area contributed by atoms with Crippen molar-refractivity contribution < 1.29 is 19.0 Å². The Balaban J connectivity index is 1.89. The molecule has 3 atom stereocenters. The van der Waals surface area contributed by atoms with E-state index in [1.165, 1.54) is 12.1 Å². The maximum absolute atomic E-state index is 13.3. The van der Waals surface area contributed by atoms with Gasteiger partial charge in [0.15, 0.2) is 0 Å². The molecule has 1 saturated heterocycles. The normalized spacial score (nSPS) is 23.8. The Morgan fingerprint density at radius 1 is 1.26 bits per heavy atom. The minimum atomic E-state index is -0.950.